The van der Waals surface area contributed by atoms with Crippen LogP contribution in [0.25, 0.3) is 0 Å². The molecule has 0 saturated carbocycles. The van der Waals surface area contributed by atoms with Crippen LogP contribution in [0.3, 0.4) is 0 Å². The number of carboxylic acids is 1. The Morgan fingerprint density at radius 1 is 1.29 bits per heavy atom. The Hall–Kier alpha value is -1.28. The van der Waals surface area contributed by atoms with Gasteiger partial charge >= 0.3 is 0 Å². The maximum Gasteiger partial charge on any atom is 0.280 e. The summed E-state index contributed by atoms with van der Waals surface area (Å²) in [4.78, 5) is 37.4. The van der Waals surface area contributed by atoms with E-state index in [1.807, 2.05) is 6.26 Å². The number of likely N-dealkylation sites (tertiary alicyclic amines) is 1. The summed E-state index contributed by atoms with van der Waals surface area (Å²) in [6.45, 7) is 4.48. The molecule has 0 unspecified atom stereocenters. The number of amides is 2. The number of nitrogens with one attached hydrogen (secondary N) is 1. The standard InChI is InChI=1S/C16H29N3O4S/c1-10(2)13(16(22)23)18-14(20)11-4-7-19(8-5-11)15(21)12(17)6-9-24-3/h10-13H,4-9,17H2,1-3H3,(H,18,20)(H,22,23)/t12-,13-/m0/s1. The molecule has 0 aromatic heterocycles. The van der Waals surface area contributed by atoms with Gasteiger partial charge in [0.2, 0.25) is 5.91 Å². The Morgan fingerprint density at radius 3 is 2.33 bits per heavy atom. The Kier molecular flexibility index (Phi) is 8.55. The number of rotatable bonds is 8. The van der Waals surface area contributed by atoms with Crippen LogP contribution in [0.15, 0.2) is 0 Å². The Bertz CT molecular complexity index is 451. The van der Waals surface area contributed by atoms with Gasteiger partial charge in [0.15, 0.2) is 6.04 Å². The summed E-state index contributed by atoms with van der Waals surface area (Å²) in [6.07, 6.45) is 3.84. The first kappa shape index (κ1) is 20.8. The Labute approximate surface area is 147 Å². The van der Waals surface area contributed by atoms with E-state index in [1.165, 1.54) is 0 Å². The fraction of sp³-hybridized carbons (Fsp3) is 0.812. The first-order chi connectivity index (χ1) is 11.3. The van der Waals surface area contributed by atoms with Gasteiger partial charge in [-0.2, -0.15) is 11.8 Å². The van der Waals surface area contributed by atoms with E-state index in [2.05, 4.69) is 11.1 Å². The number of nitrogens with zero attached hydrogens (tertiary/aromatic N) is 1. The van der Waals surface area contributed by atoms with E-state index in [-0.39, 0.29) is 29.7 Å². The van der Waals surface area contributed by atoms with Gasteiger partial charge in [0.05, 0.1) is 12.0 Å². The molecule has 0 aliphatic carbocycles. The van der Waals surface area contributed by atoms with Crippen LogP contribution in [0.2, 0.25) is 0 Å². The van der Waals surface area contributed by atoms with Gasteiger partial charge in [-0.05, 0) is 30.8 Å². The van der Waals surface area contributed by atoms with Crippen LogP contribution in [0.1, 0.15) is 33.1 Å². The molecule has 0 radical (unpaired) electrons. The molecule has 8 heteroatoms. The first-order valence-corrected chi connectivity index (χ1v) is 9.79. The lowest BCUT2D eigenvalue weighted by Crippen LogP contribution is -2.68. The second-order valence-corrected chi connectivity index (χ2v) is 7.61. The molecule has 1 rings (SSSR count). The SMILES string of the molecule is CSCC[C@H]([NH3+])C(=O)N1CCC(C(=O)N[C@H](C(=O)[O-])C(C)C)CC1. The molecule has 24 heavy (non-hydrogen) atoms. The average molecular weight is 359 g/mol. The third kappa shape index (κ3) is 5.98. The quantitative estimate of drug-likeness (QED) is 0.546. The fourth-order valence-electron chi connectivity index (χ4n) is 2.77. The largest absolute Gasteiger partial charge is 0.548 e. The highest BCUT2D eigenvalue weighted by molar-refractivity contribution is 7.98. The van der Waals surface area contributed by atoms with Crippen molar-refractivity contribution in [3.05, 3.63) is 0 Å². The van der Waals surface area contributed by atoms with E-state index >= 15 is 0 Å². The summed E-state index contributed by atoms with van der Waals surface area (Å²) in [5.41, 5.74) is 3.93. The summed E-state index contributed by atoms with van der Waals surface area (Å²) in [6, 6.07) is -1.22. The number of hydrogen-bond acceptors (Lipinski definition) is 5. The van der Waals surface area contributed by atoms with Crippen molar-refractivity contribution in [1.29, 1.82) is 0 Å². The molecule has 1 saturated heterocycles. The van der Waals surface area contributed by atoms with Crippen LogP contribution >= 0.6 is 11.8 Å². The van der Waals surface area contributed by atoms with Gasteiger partial charge in [0, 0.05) is 25.4 Å². The molecular formula is C16H29N3O4S. The maximum absolute atomic E-state index is 12.3. The molecule has 0 aromatic carbocycles. The van der Waals surface area contributed by atoms with Crippen LogP contribution in [0, 0.1) is 11.8 Å². The number of hydrogen-bond donors (Lipinski definition) is 2. The van der Waals surface area contributed by atoms with E-state index in [0.717, 1.165) is 12.2 Å². The van der Waals surface area contributed by atoms with Gasteiger partial charge in [0.25, 0.3) is 5.91 Å². The minimum Gasteiger partial charge on any atom is -0.548 e. The van der Waals surface area contributed by atoms with E-state index in [1.54, 1.807) is 30.5 Å². The second-order valence-electron chi connectivity index (χ2n) is 6.63. The predicted octanol–water partition coefficient (Wildman–Crippen LogP) is -1.52. The van der Waals surface area contributed by atoms with E-state index in [4.69, 9.17) is 0 Å². The molecule has 1 heterocycles. The van der Waals surface area contributed by atoms with Crippen molar-refractivity contribution in [1.82, 2.24) is 10.2 Å². The van der Waals surface area contributed by atoms with Gasteiger partial charge in [-0.1, -0.05) is 13.8 Å². The Balaban J connectivity index is 2.48. The smallest absolute Gasteiger partial charge is 0.280 e. The highest BCUT2D eigenvalue weighted by atomic mass is 32.2. The molecule has 0 spiro atoms. The van der Waals surface area contributed by atoms with Crippen LogP contribution in [-0.2, 0) is 14.4 Å². The third-order valence-corrected chi connectivity index (χ3v) is 5.06. The molecule has 138 valence electrons. The summed E-state index contributed by atoms with van der Waals surface area (Å²) in [7, 11) is 0. The van der Waals surface area contributed by atoms with Gasteiger partial charge < -0.3 is 25.9 Å². The monoisotopic (exact) mass is 359 g/mol. The third-order valence-electron chi connectivity index (χ3n) is 4.42. The zero-order chi connectivity index (χ0) is 18.3. The number of carbonyl (C=O) groups is 3. The molecule has 1 aliphatic rings. The van der Waals surface area contributed by atoms with Crippen molar-refractivity contribution in [2.24, 2.45) is 11.8 Å². The van der Waals surface area contributed by atoms with E-state index in [9.17, 15) is 19.5 Å². The van der Waals surface area contributed by atoms with Gasteiger partial charge in [-0.25, -0.2) is 0 Å². The average Bonchev–Trinajstić information content (AvgIpc) is 2.56. The van der Waals surface area contributed by atoms with Crippen molar-refractivity contribution in [3.63, 3.8) is 0 Å². The number of carbonyl (C=O) groups excluding carboxylic acids is 3. The number of aliphatic carboxylic acids is 1. The van der Waals surface area contributed by atoms with Gasteiger partial charge in [0.1, 0.15) is 0 Å². The molecule has 1 fully saturated rings. The highest BCUT2D eigenvalue weighted by Crippen LogP contribution is 2.19. The van der Waals surface area contributed by atoms with Gasteiger partial charge in [-0.15, -0.1) is 0 Å². The number of thioether (sulfide) groups is 1. The molecule has 2 amide bonds. The van der Waals surface area contributed by atoms with Crippen molar-refractivity contribution < 1.29 is 25.2 Å². The van der Waals surface area contributed by atoms with Crippen molar-refractivity contribution >= 4 is 29.5 Å². The molecule has 0 bridgehead atoms. The molecule has 0 aromatic rings. The van der Waals surface area contributed by atoms with E-state index in [0.29, 0.717) is 25.9 Å². The lowest BCUT2D eigenvalue weighted by Gasteiger charge is -2.33. The summed E-state index contributed by atoms with van der Waals surface area (Å²) < 4.78 is 0. The van der Waals surface area contributed by atoms with E-state index < -0.39 is 12.0 Å². The summed E-state index contributed by atoms with van der Waals surface area (Å²) >= 11 is 1.69. The lowest BCUT2D eigenvalue weighted by molar-refractivity contribution is -0.406. The maximum atomic E-state index is 12.3. The van der Waals surface area contributed by atoms with Crippen molar-refractivity contribution in [2.75, 3.05) is 25.1 Å². The topological polar surface area (TPSA) is 117 Å². The minimum absolute atomic E-state index is 0.0395. The zero-order valence-corrected chi connectivity index (χ0v) is 15.6. The Morgan fingerprint density at radius 2 is 1.88 bits per heavy atom. The van der Waals surface area contributed by atoms with Crippen molar-refractivity contribution in [2.45, 2.75) is 45.2 Å². The summed E-state index contributed by atoms with van der Waals surface area (Å²) in [5.74, 6) is -1.08. The van der Waals surface area contributed by atoms with Crippen LogP contribution < -0.4 is 16.2 Å². The number of piperidine rings is 1. The van der Waals surface area contributed by atoms with Crippen LogP contribution in [0.5, 0.6) is 0 Å². The van der Waals surface area contributed by atoms with Crippen LogP contribution in [-0.4, -0.2) is 59.9 Å². The molecule has 1 aliphatic heterocycles. The van der Waals surface area contributed by atoms with Crippen LogP contribution in [0.4, 0.5) is 0 Å². The minimum atomic E-state index is -1.26. The second kappa shape index (κ2) is 9.88. The molecular weight excluding hydrogens is 330 g/mol. The molecule has 7 nitrogen and oxygen atoms in total. The zero-order valence-electron chi connectivity index (χ0n) is 14.7. The molecule has 2 atom stereocenters. The molecule has 4 N–H and O–H groups in total. The highest BCUT2D eigenvalue weighted by Gasteiger charge is 2.31. The number of quaternary nitrogens is 1. The number of carboxylic acid groups (broad SMARTS) is 1. The normalized spacial score (nSPS) is 18.3. The lowest BCUT2D eigenvalue weighted by atomic mass is 9.94. The first-order valence-electron chi connectivity index (χ1n) is 8.40. The predicted molar refractivity (Wildman–Crippen MR) is 90.8 cm³/mol. The van der Waals surface area contributed by atoms with Gasteiger partial charge in [-0.3, -0.25) is 9.59 Å². The fourth-order valence-corrected chi connectivity index (χ4v) is 3.29. The summed E-state index contributed by atoms with van der Waals surface area (Å²) in [5, 5.41) is 13.6. The van der Waals surface area contributed by atoms with Crippen molar-refractivity contribution in [3.8, 4) is 0 Å².